The van der Waals surface area contributed by atoms with E-state index in [1.165, 1.54) is 11.0 Å². The Morgan fingerprint density at radius 3 is 2.41 bits per heavy atom. The standard InChI is InChI=1S/C22H20N4O4S2/c1-26(16-11-13-17(30-2)14-12-16)22(27)20(15-7-4-3-5-8-15)25-32(28,29)19-10-6-9-18-21(19)24-31-23-18/h3-14,20,25H,1-2H3/t20-/m1/s1. The first-order valence-corrected chi connectivity index (χ1v) is 11.8. The maximum atomic E-state index is 13.5. The summed E-state index contributed by atoms with van der Waals surface area (Å²) in [6, 6.07) is 19.2. The van der Waals surface area contributed by atoms with Gasteiger partial charge in [-0.25, -0.2) is 8.42 Å². The van der Waals surface area contributed by atoms with Crippen molar-refractivity contribution in [2.45, 2.75) is 10.9 Å². The van der Waals surface area contributed by atoms with Crippen molar-refractivity contribution in [3.8, 4) is 5.75 Å². The summed E-state index contributed by atoms with van der Waals surface area (Å²) in [5, 5.41) is 0. The molecule has 8 nitrogen and oxygen atoms in total. The van der Waals surface area contributed by atoms with Crippen molar-refractivity contribution in [3.05, 3.63) is 78.4 Å². The van der Waals surface area contributed by atoms with Gasteiger partial charge in [-0.05, 0) is 42.0 Å². The highest BCUT2D eigenvalue weighted by molar-refractivity contribution is 7.89. The van der Waals surface area contributed by atoms with Crippen LogP contribution in [0.25, 0.3) is 11.0 Å². The highest BCUT2D eigenvalue weighted by Crippen LogP contribution is 2.26. The Hall–Kier alpha value is -3.34. The number of nitrogens with one attached hydrogen (secondary N) is 1. The molecule has 1 atom stereocenters. The Bertz CT molecular complexity index is 1340. The van der Waals surface area contributed by atoms with Crippen molar-refractivity contribution in [3.63, 3.8) is 0 Å². The van der Waals surface area contributed by atoms with E-state index in [1.54, 1.807) is 80.9 Å². The lowest BCUT2D eigenvalue weighted by molar-refractivity contribution is -0.120. The molecule has 0 bridgehead atoms. The van der Waals surface area contributed by atoms with Crippen LogP contribution in [-0.2, 0) is 14.8 Å². The number of ether oxygens (including phenoxy) is 1. The van der Waals surface area contributed by atoms with Crippen molar-refractivity contribution in [2.24, 2.45) is 0 Å². The first-order valence-electron chi connectivity index (χ1n) is 9.61. The summed E-state index contributed by atoms with van der Waals surface area (Å²) in [6.07, 6.45) is 0. The number of aromatic nitrogens is 2. The molecule has 0 aliphatic heterocycles. The van der Waals surface area contributed by atoms with E-state index in [1.807, 2.05) is 0 Å². The molecule has 0 aliphatic rings. The number of fused-ring (bicyclic) bond motifs is 1. The molecule has 1 amide bonds. The summed E-state index contributed by atoms with van der Waals surface area (Å²) in [6.45, 7) is 0. The first kappa shape index (κ1) is 21.9. The summed E-state index contributed by atoms with van der Waals surface area (Å²) in [5.41, 5.74) is 1.87. The Morgan fingerprint density at radius 1 is 1.00 bits per heavy atom. The molecule has 3 aromatic carbocycles. The van der Waals surface area contributed by atoms with E-state index in [-0.39, 0.29) is 10.4 Å². The van der Waals surface area contributed by atoms with Gasteiger partial charge in [-0.2, -0.15) is 13.5 Å². The quantitative estimate of drug-likeness (QED) is 0.446. The van der Waals surface area contributed by atoms with Crippen molar-refractivity contribution < 1.29 is 17.9 Å². The number of carbonyl (C=O) groups is 1. The van der Waals surface area contributed by atoms with E-state index >= 15 is 0 Å². The molecule has 1 aromatic heterocycles. The number of nitrogens with zero attached hydrogens (tertiary/aromatic N) is 3. The molecule has 0 fully saturated rings. The van der Waals surface area contributed by atoms with Gasteiger partial charge in [0.15, 0.2) is 0 Å². The predicted octanol–water partition coefficient (Wildman–Crippen LogP) is 3.38. The van der Waals surface area contributed by atoms with Crippen LogP contribution < -0.4 is 14.4 Å². The summed E-state index contributed by atoms with van der Waals surface area (Å²) in [4.78, 5) is 14.8. The minimum absolute atomic E-state index is 0.0235. The van der Waals surface area contributed by atoms with Gasteiger partial charge in [0, 0.05) is 12.7 Å². The summed E-state index contributed by atoms with van der Waals surface area (Å²) in [5.74, 6) is 0.216. The number of rotatable bonds is 7. The van der Waals surface area contributed by atoms with Crippen LogP contribution in [0.5, 0.6) is 5.75 Å². The van der Waals surface area contributed by atoms with E-state index in [2.05, 4.69) is 13.5 Å². The van der Waals surface area contributed by atoms with Gasteiger partial charge in [-0.15, -0.1) is 0 Å². The Labute approximate surface area is 189 Å². The minimum atomic E-state index is -4.09. The lowest BCUT2D eigenvalue weighted by Crippen LogP contribution is -2.41. The first-order chi connectivity index (χ1) is 15.4. The van der Waals surface area contributed by atoms with E-state index in [4.69, 9.17) is 4.74 Å². The average molecular weight is 469 g/mol. The lowest BCUT2D eigenvalue weighted by Gasteiger charge is -2.25. The summed E-state index contributed by atoms with van der Waals surface area (Å²) in [7, 11) is -0.934. The number of sulfonamides is 1. The molecule has 0 spiro atoms. The van der Waals surface area contributed by atoms with Gasteiger partial charge < -0.3 is 9.64 Å². The second kappa shape index (κ2) is 9.03. The Kier molecular flexibility index (Phi) is 6.17. The van der Waals surface area contributed by atoms with Crippen LogP contribution >= 0.6 is 11.7 Å². The number of anilines is 1. The van der Waals surface area contributed by atoms with Gasteiger partial charge in [0.2, 0.25) is 15.9 Å². The zero-order valence-corrected chi connectivity index (χ0v) is 18.9. The highest BCUT2D eigenvalue weighted by atomic mass is 32.2. The van der Waals surface area contributed by atoms with E-state index in [0.717, 1.165) is 11.7 Å². The fraction of sp³-hybridized carbons (Fsp3) is 0.136. The molecule has 0 radical (unpaired) electrons. The lowest BCUT2D eigenvalue weighted by atomic mass is 10.1. The molecular formula is C22H20N4O4S2. The number of methoxy groups -OCH3 is 1. The average Bonchev–Trinajstić information content (AvgIpc) is 3.31. The molecule has 4 aromatic rings. The summed E-state index contributed by atoms with van der Waals surface area (Å²) >= 11 is 0.932. The van der Waals surface area contributed by atoms with Gasteiger partial charge in [-0.1, -0.05) is 36.4 Å². The number of benzene rings is 3. The van der Waals surface area contributed by atoms with Gasteiger partial charge in [0.25, 0.3) is 0 Å². The zero-order valence-electron chi connectivity index (χ0n) is 17.3. The predicted molar refractivity (Wildman–Crippen MR) is 123 cm³/mol. The fourth-order valence-corrected chi connectivity index (χ4v) is 5.19. The SMILES string of the molecule is COc1ccc(N(C)C(=O)[C@H](NS(=O)(=O)c2cccc3nsnc23)c2ccccc2)cc1. The monoisotopic (exact) mass is 468 g/mol. The number of likely N-dealkylation sites (N-methyl/N-ethyl adjacent to an activating group) is 1. The van der Waals surface area contributed by atoms with Crippen LogP contribution in [0, 0.1) is 0 Å². The number of amides is 1. The molecule has 1 heterocycles. The highest BCUT2D eigenvalue weighted by Gasteiger charge is 2.31. The van der Waals surface area contributed by atoms with Crippen LogP contribution in [0.2, 0.25) is 0 Å². The molecule has 0 saturated heterocycles. The van der Waals surface area contributed by atoms with Crippen LogP contribution in [0.15, 0.2) is 77.7 Å². The van der Waals surface area contributed by atoms with Crippen molar-refractivity contribution in [1.29, 1.82) is 0 Å². The Balaban J connectivity index is 1.71. The molecule has 1 N–H and O–H groups in total. The normalized spacial score (nSPS) is 12.4. The van der Waals surface area contributed by atoms with Crippen molar-refractivity contribution in [1.82, 2.24) is 13.5 Å². The van der Waals surface area contributed by atoms with Gasteiger partial charge >= 0.3 is 0 Å². The van der Waals surface area contributed by atoms with Gasteiger partial charge in [-0.3, -0.25) is 4.79 Å². The number of carbonyl (C=O) groups excluding carboxylic acids is 1. The largest absolute Gasteiger partial charge is 0.497 e. The molecule has 0 saturated carbocycles. The molecule has 0 unspecified atom stereocenters. The molecule has 32 heavy (non-hydrogen) atoms. The number of hydrogen-bond donors (Lipinski definition) is 1. The third-order valence-corrected chi connectivity index (χ3v) is 6.98. The van der Waals surface area contributed by atoms with E-state index in [0.29, 0.717) is 22.5 Å². The van der Waals surface area contributed by atoms with Crippen molar-refractivity contribution >= 4 is 44.4 Å². The molecule has 4 rings (SSSR count). The molecule has 164 valence electrons. The minimum Gasteiger partial charge on any atom is -0.497 e. The van der Waals surface area contributed by atoms with Gasteiger partial charge in [0.1, 0.15) is 27.7 Å². The van der Waals surface area contributed by atoms with Gasteiger partial charge in [0.05, 0.1) is 18.8 Å². The Morgan fingerprint density at radius 2 is 1.72 bits per heavy atom. The van der Waals surface area contributed by atoms with Crippen LogP contribution in [-0.4, -0.2) is 37.2 Å². The smallest absolute Gasteiger partial charge is 0.249 e. The van der Waals surface area contributed by atoms with Crippen LogP contribution in [0.1, 0.15) is 11.6 Å². The maximum Gasteiger partial charge on any atom is 0.249 e. The van der Waals surface area contributed by atoms with E-state index < -0.39 is 22.0 Å². The summed E-state index contributed by atoms with van der Waals surface area (Å²) < 4.78 is 42.6. The second-order valence-electron chi connectivity index (χ2n) is 6.95. The molecular weight excluding hydrogens is 448 g/mol. The number of hydrogen-bond acceptors (Lipinski definition) is 7. The van der Waals surface area contributed by atoms with Crippen LogP contribution in [0.3, 0.4) is 0 Å². The van der Waals surface area contributed by atoms with E-state index in [9.17, 15) is 13.2 Å². The topological polar surface area (TPSA) is 101 Å². The second-order valence-corrected chi connectivity index (χ2v) is 9.16. The third kappa shape index (κ3) is 4.33. The third-order valence-electron chi connectivity index (χ3n) is 4.98. The molecule has 0 aliphatic carbocycles. The molecule has 10 heteroatoms. The van der Waals surface area contributed by atoms with Crippen molar-refractivity contribution in [2.75, 3.05) is 19.1 Å². The fourth-order valence-electron chi connectivity index (χ4n) is 3.25. The maximum absolute atomic E-state index is 13.5. The van der Waals surface area contributed by atoms with Crippen LogP contribution in [0.4, 0.5) is 5.69 Å². The zero-order chi connectivity index (χ0) is 22.7.